The van der Waals surface area contributed by atoms with E-state index in [-0.39, 0.29) is 24.0 Å². The van der Waals surface area contributed by atoms with E-state index in [9.17, 15) is 0 Å². The molecule has 0 atom stereocenters. The molecule has 0 aliphatic carbocycles. The van der Waals surface area contributed by atoms with Crippen LogP contribution < -0.4 is 15.5 Å². The summed E-state index contributed by atoms with van der Waals surface area (Å²) in [6.07, 6.45) is 1.10. The Bertz CT molecular complexity index is 387. The first-order chi connectivity index (χ1) is 9.17. The summed E-state index contributed by atoms with van der Waals surface area (Å²) in [6, 6.07) is 8.50. The molecule has 1 rings (SSSR count). The van der Waals surface area contributed by atoms with Gasteiger partial charge in [-0.2, -0.15) is 0 Å². The van der Waals surface area contributed by atoms with E-state index in [1.165, 1.54) is 11.3 Å². The quantitative estimate of drug-likeness (QED) is 0.446. The van der Waals surface area contributed by atoms with Crippen LogP contribution in [0.25, 0.3) is 0 Å². The molecule has 5 heteroatoms. The van der Waals surface area contributed by atoms with Crippen LogP contribution in [0.1, 0.15) is 25.8 Å². The van der Waals surface area contributed by atoms with Crippen LogP contribution in [0.5, 0.6) is 0 Å². The van der Waals surface area contributed by atoms with Crippen LogP contribution in [0.3, 0.4) is 0 Å². The van der Waals surface area contributed by atoms with E-state index in [1.54, 1.807) is 0 Å². The van der Waals surface area contributed by atoms with E-state index in [0.29, 0.717) is 6.54 Å². The molecule has 1 aromatic carbocycles. The van der Waals surface area contributed by atoms with Gasteiger partial charge in [-0.05, 0) is 31.0 Å². The smallest absolute Gasteiger partial charge is 0.191 e. The lowest BCUT2D eigenvalue weighted by Gasteiger charge is -2.13. The SMILES string of the molecule is CCCNC(=NCc1ccc(N(C)C)cc1)NCC.I. The van der Waals surface area contributed by atoms with Crippen molar-refractivity contribution in [2.45, 2.75) is 26.8 Å². The normalized spacial score (nSPS) is 10.7. The second-order valence-electron chi connectivity index (χ2n) is 4.68. The third-order valence-corrected chi connectivity index (χ3v) is 2.76. The number of anilines is 1. The van der Waals surface area contributed by atoms with Crippen LogP contribution in [-0.4, -0.2) is 33.1 Å². The lowest BCUT2D eigenvalue weighted by atomic mass is 10.2. The lowest BCUT2D eigenvalue weighted by Crippen LogP contribution is -2.37. The molecule has 0 aromatic heterocycles. The van der Waals surface area contributed by atoms with E-state index in [4.69, 9.17) is 0 Å². The Morgan fingerprint density at radius 3 is 2.25 bits per heavy atom. The number of nitrogens with one attached hydrogen (secondary N) is 2. The fraction of sp³-hybridized carbons (Fsp3) is 0.533. The van der Waals surface area contributed by atoms with Crippen molar-refractivity contribution in [3.05, 3.63) is 29.8 Å². The highest BCUT2D eigenvalue weighted by Crippen LogP contribution is 2.12. The van der Waals surface area contributed by atoms with E-state index in [1.807, 2.05) is 14.1 Å². The molecule has 0 saturated carbocycles. The molecular weight excluding hydrogens is 363 g/mol. The van der Waals surface area contributed by atoms with Gasteiger partial charge in [0.2, 0.25) is 0 Å². The number of guanidine groups is 1. The number of aliphatic imine (C=N–C) groups is 1. The summed E-state index contributed by atoms with van der Waals surface area (Å²) in [5, 5.41) is 6.55. The number of hydrogen-bond donors (Lipinski definition) is 2. The molecule has 0 saturated heterocycles. The Morgan fingerprint density at radius 1 is 1.10 bits per heavy atom. The van der Waals surface area contributed by atoms with Crippen molar-refractivity contribution in [2.24, 2.45) is 4.99 Å². The molecule has 1 aromatic rings. The van der Waals surface area contributed by atoms with Crippen LogP contribution in [-0.2, 0) is 6.54 Å². The molecule has 2 N–H and O–H groups in total. The highest BCUT2D eigenvalue weighted by atomic mass is 127. The Kier molecular flexibility index (Phi) is 10.2. The van der Waals surface area contributed by atoms with Crippen LogP contribution in [0.4, 0.5) is 5.69 Å². The minimum absolute atomic E-state index is 0. The van der Waals surface area contributed by atoms with Crippen molar-refractivity contribution in [1.29, 1.82) is 0 Å². The van der Waals surface area contributed by atoms with E-state index in [2.05, 4.69) is 58.6 Å². The van der Waals surface area contributed by atoms with Crippen molar-refractivity contribution >= 4 is 35.6 Å². The maximum Gasteiger partial charge on any atom is 0.191 e. The van der Waals surface area contributed by atoms with Gasteiger partial charge in [0, 0.05) is 32.9 Å². The van der Waals surface area contributed by atoms with Crippen molar-refractivity contribution < 1.29 is 0 Å². The van der Waals surface area contributed by atoms with Gasteiger partial charge >= 0.3 is 0 Å². The fourth-order valence-corrected chi connectivity index (χ4v) is 1.65. The molecule has 0 aliphatic rings. The summed E-state index contributed by atoms with van der Waals surface area (Å²) in [5.41, 5.74) is 2.43. The second kappa shape index (κ2) is 10.8. The number of benzene rings is 1. The first kappa shape index (κ1) is 19.0. The van der Waals surface area contributed by atoms with E-state index < -0.39 is 0 Å². The maximum absolute atomic E-state index is 4.58. The number of nitrogens with zero attached hydrogens (tertiary/aromatic N) is 2. The molecule has 0 aliphatic heterocycles. The zero-order valence-electron chi connectivity index (χ0n) is 12.9. The molecule has 0 heterocycles. The minimum Gasteiger partial charge on any atom is -0.378 e. The highest BCUT2D eigenvalue weighted by molar-refractivity contribution is 14.0. The van der Waals surface area contributed by atoms with Gasteiger partial charge in [0.05, 0.1) is 6.54 Å². The molecule has 0 unspecified atom stereocenters. The predicted octanol–water partition coefficient (Wildman–Crippen LogP) is 2.84. The molecule has 0 spiro atoms. The summed E-state index contributed by atoms with van der Waals surface area (Å²) in [7, 11) is 4.09. The zero-order valence-corrected chi connectivity index (χ0v) is 15.3. The van der Waals surface area contributed by atoms with Gasteiger partial charge in [-0.15, -0.1) is 24.0 Å². The zero-order chi connectivity index (χ0) is 14.1. The van der Waals surface area contributed by atoms with Gasteiger partial charge in [-0.25, -0.2) is 4.99 Å². The number of hydrogen-bond acceptors (Lipinski definition) is 2. The molecule has 0 radical (unpaired) electrons. The summed E-state index contributed by atoms with van der Waals surface area (Å²) in [6.45, 7) is 6.76. The van der Waals surface area contributed by atoms with Crippen molar-refractivity contribution in [3.63, 3.8) is 0 Å². The average Bonchev–Trinajstić information content (AvgIpc) is 2.42. The fourth-order valence-electron chi connectivity index (χ4n) is 1.65. The summed E-state index contributed by atoms with van der Waals surface area (Å²) in [4.78, 5) is 6.67. The Morgan fingerprint density at radius 2 is 1.75 bits per heavy atom. The lowest BCUT2D eigenvalue weighted by molar-refractivity contribution is 0.785. The standard InChI is InChI=1S/C15H26N4.HI/c1-5-11-17-15(16-6-2)18-12-13-7-9-14(10-8-13)19(3)4;/h7-10H,5-6,11-12H2,1-4H3,(H2,16,17,18);1H. The van der Waals surface area contributed by atoms with Crippen LogP contribution in [0.2, 0.25) is 0 Å². The third kappa shape index (κ3) is 6.98. The summed E-state index contributed by atoms with van der Waals surface area (Å²) in [5.74, 6) is 0.890. The van der Waals surface area contributed by atoms with Gasteiger partial charge in [0.15, 0.2) is 5.96 Å². The molecule has 20 heavy (non-hydrogen) atoms. The largest absolute Gasteiger partial charge is 0.378 e. The van der Waals surface area contributed by atoms with E-state index in [0.717, 1.165) is 25.5 Å². The first-order valence-electron chi connectivity index (χ1n) is 6.95. The van der Waals surface area contributed by atoms with Gasteiger partial charge in [0.1, 0.15) is 0 Å². The predicted molar refractivity (Wildman–Crippen MR) is 99.3 cm³/mol. The van der Waals surface area contributed by atoms with Gasteiger partial charge in [0.25, 0.3) is 0 Å². The Balaban J connectivity index is 0.00000361. The number of halogens is 1. The van der Waals surface area contributed by atoms with Gasteiger partial charge in [-0.3, -0.25) is 0 Å². The average molecular weight is 390 g/mol. The van der Waals surface area contributed by atoms with Gasteiger partial charge in [-0.1, -0.05) is 19.1 Å². The van der Waals surface area contributed by atoms with Gasteiger partial charge < -0.3 is 15.5 Å². The van der Waals surface area contributed by atoms with E-state index >= 15 is 0 Å². The van der Waals surface area contributed by atoms with Crippen LogP contribution >= 0.6 is 24.0 Å². The maximum atomic E-state index is 4.58. The summed E-state index contributed by atoms with van der Waals surface area (Å²) < 4.78 is 0. The molecule has 114 valence electrons. The molecule has 0 fully saturated rings. The van der Waals surface area contributed by atoms with Crippen molar-refractivity contribution in [2.75, 3.05) is 32.1 Å². The first-order valence-corrected chi connectivity index (χ1v) is 6.95. The second-order valence-corrected chi connectivity index (χ2v) is 4.68. The van der Waals surface area contributed by atoms with Crippen molar-refractivity contribution in [1.82, 2.24) is 10.6 Å². The molecule has 4 nitrogen and oxygen atoms in total. The number of rotatable bonds is 6. The molecule has 0 bridgehead atoms. The van der Waals surface area contributed by atoms with Crippen molar-refractivity contribution in [3.8, 4) is 0 Å². The Labute approximate surface area is 140 Å². The summed E-state index contributed by atoms with van der Waals surface area (Å²) >= 11 is 0. The monoisotopic (exact) mass is 390 g/mol. The Hall–Kier alpha value is -0.980. The highest BCUT2D eigenvalue weighted by Gasteiger charge is 1.98. The topological polar surface area (TPSA) is 39.7 Å². The van der Waals surface area contributed by atoms with Crippen LogP contribution in [0, 0.1) is 0 Å². The van der Waals surface area contributed by atoms with Crippen LogP contribution in [0.15, 0.2) is 29.3 Å². The third-order valence-electron chi connectivity index (χ3n) is 2.76. The molecule has 0 amide bonds. The molecular formula is C15H27IN4. The minimum atomic E-state index is 0.